The van der Waals surface area contributed by atoms with Gasteiger partial charge in [-0.1, -0.05) is 6.08 Å². The molecule has 2 N–H and O–H groups in total. The summed E-state index contributed by atoms with van der Waals surface area (Å²) in [5, 5.41) is 19.3. The number of nitrogens with zero attached hydrogens (tertiary/aromatic N) is 4. The number of aliphatic hydroxyl groups is 1. The fourth-order valence-corrected chi connectivity index (χ4v) is 2.05. The summed E-state index contributed by atoms with van der Waals surface area (Å²) in [4.78, 5) is 22.8. The summed E-state index contributed by atoms with van der Waals surface area (Å²) in [6.07, 6.45) is 3.53. The van der Waals surface area contributed by atoms with Gasteiger partial charge >= 0.3 is 0 Å². The van der Waals surface area contributed by atoms with Gasteiger partial charge in [-0.2, -0.15) is 4.98 Å². The van der Waals surface area contributed by atoms with Gasteiger partial charge in [0.15, 0.2) is 23.2 Å². The zero-order valence-corrected chi connectivity index (χ0v) is 10.5. The molecule has 0 amide bonds. The number of aromatic hydroxyl groups is 1. The second-order valence-electron chi connectivity index (χ2n) is 4.45. The number of aromatic nitrogens is 4. The quantitative estimate of drug-likeness (QED) is 0.755. The number of carbonyl (C=O) groups is 1. The molecule has 2 aromatic heterocycles. The van der Waals surface area contributed by atoms with Crippen molar-refractivity contribution in [3.05, 3.63) is 24.8 Å². The first kappa shape index (κ1) is 12.7. The summed E-state index contributed by atoms with van der Waals surface area (Å²) in [6, 6.07) is 0. The van der Waals surface area contributed by atoms with E-state index in [1.54, 1.807) is 16.7 Å². The number of rotatable bonds is 3. The van der Waals surface area contributed by atoms with Crippen molar-refractivity contribution in [2.45, 2.75) is 25.4 Å². The van der Waals surface area contributed by atoms with Gasteiger partial charge in [-0.3, -0.25) is 9.36 Å². The second kappa shape index (κ2) is 4.66. The third kappa shape index (κ3) is 1.95. The molecule has 0 saturated carbocycles. The lowest BCUT2D eigenvalue weighted by Crippen LogP contribution is -2.32. The predicted molar refractivity (Wildman–Crippen MR) is 66.7 cm³/mol. The number of hydrogen-bond acceptors (Lipinski definition) is 7. The number of ketones is 1. The van der Waals surface area contributed by atoms with E-state index >= 15 is 0 Å². The summed E-state index contributed by atoms with van der Waals surface area (Å²) < 4.78 is 7.16. The highest BCUT2D eigenvalue weighted by Gasteiger charge is 2.30. The maximum atomic E-state index is 11.1. The molecule has 0 fully saturated rings. The van der Waals surface area contributed by atoms with Crippen molar-refractivity contribution in [2.24, 2.45) is 0 Å². The lowest BCUT2D eigenvalue weighted by Gasteiger charge is -2.18. The maximum Gasteiger partial charge on any atom is 0.242 e. The third-order valence-electron chi connectivity index (χ3n) is 3.10. The fourth-order valence-electron chi connectivity index (χ4n) is 2.05. The van der Waals surface area contributed by atoms with Crippen LogP contribution in [0, 0.1) is 0 Å². The van der Waals surface area contributed by atoms with E-state index in [1.165, 1.54) is 19.6 Å². The van der Waals surface area contributed by atoms with Crippen LogP contribution in [-0.4, -0.2) is 47.7 Å². The molecule has 8 heteroatoms. The molecule has 3 rings (SSSR count). The Bertz CT molecular complexity index is 696. The molecule has 3 atom stereocenters. The molecule has 0 radical (unpaired) electrons. The molecule has 0 aliphatic carbocycles. The Hall–Kier alpha value is -2.32. The average Bonchev–Trinajstić information content (AvgIpc) is 3.04. The van der Waals surface area contributed by atoms with Gasteiger partial charge in [-0.25, -0.2) is 9.97 Å². The largest absolute Gasteiger partial charge is 0.492 e. The highest BCUT2D eigenvalue weighted by Crippen LogP contribution is 2.27. The number of fused-ring (bicyclic) bond motifs is 1. The van der Waals surface area contributed by atoms with E-state index in [0.717, 1.165) is 0 Å². The van der Waals surface area contributed by atoms with Crippen LogP contribution in [0.25, 0.3) is 11.2 Å². The van der Waals surface area contributed by atoms with Gasteiger partial charge < -0.3 is 14.9 Å². The Morgan fingerprint density at radius 3 is 2.95 bits per heavy atom. The van der Waals surface area contributed by atoms with E-state index in [4.69, 9.17) is 4.74 Å². The Morgan fingerprint density at radius 1 is 1.40 bits per heavy atom. The normalized spacial score (nSPS) is 23.3. The zero-order valence-electron chi connectivity index (χ0n) is 10.5. The molecule has 104 valence electrons. The van der Waals surface area contributed by atoms with E-state index in [1.807, 2.05) is 0 Å². The number of imidazole rings is 1. The van der Waals surface area contributed by atoms with Crippen molar-refractivity contribution < 1.29 is 19.7 Å². The maximum absolute atomic E-state index is 11.1. The molecular weight excluding hydrogens is 264 g/mol. The minimum absolute atomic E-state index is 0.212. The van der Waals surface area contributed by atoms with Crippen molar-refractivity contribution in [2.75, 3.05) is 0 Å². The topological polar surface area (TPSA) is 110 Å². The van der Waals surface area contributed by atoms with Crippen molar-refractivity contribution in [1.29, 1.82) is 0 Å². The van der Waals surface area contributed by atoms with Crippen LogP contribution < -0.4 is 0 Å². The van der Waals surface area contributed by atoms with E-state index in [0.29, 0.717) is 5.65 Å². The van der Waals surface area contributed by atoms with Crippen LogP contribution >= 0.6 is 0 Å². The van der Waals surface area contributed by atoms with Crippen molar-refractivity contribution in [3.63, 3.8) is 0 Å². The SMILES string of the molecule is CC(=O)C(O)[C@@H]1C=C[C@H](n2cnc3c(O)ncnc32)O1. The van der Waals surface area contributed by atoms with Crippen LogP contribution in [0.1, 0.15) is 13.2 Å². The average molecular weight is 276 g/mol. The van der Waals surface area contributed by atoms with Crippen LogP contribution in [0.15, 0.2) is 24.8 Å². The first-order valence-electron chi connectivity index (χ1n) is 5.96. The van der Waals surface area contributed by atoms with Gasteiger partial charge in [0.05, 0.1) is 6.33 Å². The second-order valence-corrected chi connectivity index (χ2v) is 4.45. The monoisotopic (exact) mass is 276 g/mol. The molecule has 0 saturated heterocycles. The number of Topliss-reactive ketones (excluding diaryl/α,β-unsaturated/α-hetero) is 1. The Morgan fingerprint density at radius 2 is 2.20 bits per heavy atom. The molecule has 0 spiro atoms. The van der Waals surface area contributed by atoms with Crippen LogP contribution in [0.3, 0.4) is 0 Å². The molecule has 1 aliphatic heterocycles. The van der Waals surface area contributed by atoms with Crippen molar-refractivity contribution in [3.8, 4) is 5.88 Å². The number of carbonyl (C=O) groups excluding carboxylic acids is 1. The molecule has 2 aromatic rings. The Balaban J connectivity index is 1.89. The molecule has 8 nitrogen and oxygen atoms in total. The highest BCUT2D eigenvalue weighted by molar-refractivity contribution is 5.81. The van der Waals surface area contributed by atoms with Gasteiger partial charge in [-0.15, -0.1) is 0 Å². The van der Waals surface area contributed by atoms with E-state index in [2.05, 4.69) is 15.0 Å². The summed E-state index contributed by atoms with van der Waals surface area (Å²) >= 11 is 0. The number of ether oxygens (including phenoxy) is 1. The lowest BCUT2D eigenvalue weighted by atomic mass is 10.1. The highest BCUT2D eigenvalue weighted by atomic mass is 16.5. The zero-order chi connectivity index (χ0) is 14.3. The molecule has 1 aliphatic rings. The first-order valence-corrected chi connectivity index (χ1v) is 5.96. The summed E-state index contributed by atoms with van der Waals surface area (Å²) in [5.41, 5.74) is 0.671. The first-order chi connectivity index (χ1) is 9.58. The van der Waals surface area contributed by atoms with E-state index in [-0.39, 0.29) is 17.2 Å². The van der Waals surface area contributed by atoms with Crippen molar-refractivity contribution in [1.82, 2.24) is 19.5 Å². The molecule has 1 unspecified atom stereocenters. The minimum Gasteiger partial charge on any atom is -0.492 e. The van der Waals surface area contributed by atoms with Gasteiger partial charge in [-0.05, 0) is 13.0 Å². The van der Waals surface area contributed by atoms with Crippen LogP contribution in [-0.2, 0) is 9.53 Å². The summed E-state index contributed by atoms with van der Waals surface area (Å²) in [6.45, 7) is 1.30. The third-order valence-corrected chi connectivity index (χ3v) is 3.10. The Labute approximate surface area is 113 Å². The van der Waals surface area contributed by atoms with Crippen LogP contribution in [0.5, 0.6) is 5.88 Å². The smallest absolute Gasteiger partial charge is 0.242 e. The summed E-state index contributed by atoms with van der Waals surface area (Å²) in [7, 11) is 0. The molecule has 20 heavy (non-hydrogen) atoms. The van der Waals surface area contributed by atoms with Crippen LogP contribution in [0.2, 0.25) is 0 Å². The van der Waals surface area contributed by atoms with Crippen LogP contribution in [0.4, 0.5) is 0 Å². The standard InChI is InChI=1S/C12H12N4O4/c1-6(17)10(18)7-2-3-8(20-7)16-5-15-9-11(16)13-4-14-12(9)19/h2-5,7-8,10,18H,1H3,(H,13,14,19)/t7-,8+,10?/m0/s1. The predicted octanol–water partition coefficient (Wildman–Crippen LogP) is -0.0646. The fraction of sp³-hybridized carbons (Fsp3) is 0.333. The van der Waals surface area contributed by atoms with Gasteiger partial charge in [0.25, 0.3) is 0 Å². The van der Waals surface area contributed by atoms with Gasteiger partial charge in [0.1, 0.15) is 18.5 Å². The van der Waals surface area contributed by atoms with Gasteiger partial charge in [0.2, 0.25) is 5.88 Å². The van der Waals surface area contributed by atoms with E-state index in [9.17, 15) is 15.0 Å². The van der Waals surface area contributed by atoms with Gasteiger partial charge in [0, 0.05) is 0 Å². The number of aliphatic hydroxyl groups excluding tert-OH is 1. The Kier molecular flexibility index (Phi) is 2.96. The van der Waals surface area contributed by atoms with Crippen molar-refractivity contribution >= 4 is 16.9 Å². The molecule has 3 heterocycles. The molecular formula is C12H12N4O4. The summed E-state index contributed by atoms with van der Waals surface area (Å²) in [5.74, 6) is -0.577. The number of hydrogen-bond donors (Lipinski definition) is 2. The lowest BCUT2D eigenvalue weighted by molar-refractivity contribution is -0.133. The minimum atomic E-state index is -1.20. The molecule has 0 bridgehead atoms. The van der Waals surface area contributed by atoms with E-state index < -0.39 is 18.4 Å². The molecule has 0 aromatic carbocycles.